The van der Waals surface area contributed by atoms with Gasteiger partial charge in [0.05, 0.1) is 6.10 Å². The molecule has 0 saturated heterocycles. The molecule has 0 radical (unpaired) electrons. The number of hydrogen-bond donors (Lipinski definition) is 0. The molecular weight excluding hydrogens is 234 g/mol. The van der Waals surface area contributed by atoms with Gasteiger partial charge in [0.2, 0.25) is 0 Å². The van der Waals surface area contributed by atoms with Gasteiger partial charge in [0.15, 0.2) is 0 Å². The van der Waals surface area contributed by atoms with Gasteiger partial charge in [-0.1, -0.05) is 12.1 Å². The molecule has 1 nitrogen and oxygen atoms in total. The van der Waals surface area contributed by atoms with E-state index in [1.54, 1.807) is 0 Å². The Bertz CT molecular complexity index is 556. The molecule has 1 aliphatic carbocycles. The molecule has 0 aliphatic heterocycles. The van der Waals surface area contributed by atoms with E-state index in [0.29, 0.717) is 11.7 Å². The largest absolute Gasteiger partial charge is 0.490 e. The zero-order chi connectivity index (χ0) is 12.5. The molecule has 3 rings (SSSR count). The molecule has 0 heterocycles. The van der Waals surface area contributed by atoms with Gasteiger partial charge in [-0.2, -0.15) is 0 Å². The molecular formula is C15H12F2O. The highest BCUT2D eigenvalue weighted by atomic mass is 19.1. The highest BCUT2D eigenvalue weighted by Crippen LogP contribution is 2.30. The molecule has 1 saturated carbocycles. The maximum atomic E-state index is 13.2. The Hall–Kier alpha value is -1.90. The number of halogens is 2. The molecule has 2 aromatic carbocycles. The molecule has 0 N–H and O–H groups in total. The minimum Gasteiger partial charge on any atom is -0.490 e. The van der Waals surface area contributed by atoms with Gasteiger partial charge in [-0.05, 0) is 48.2 Å². The third-order valence-corrected chi connectivity index (χ3v) is 2.86. The number of ether oxygens (including phenoxy) is 1. The van der Waals surface area contributed by atoms with Crippen LogP contribution in [-0.4, -0.2) is 6.10 Å². The highest BCUT2D eigenvalue weighted by Gasteiger charge is 2.23. The summed E-state index contributed by atoms with van der Waals surface area (Å²) in [5.41, 5.74) is 1.28. The highest BCUT2D eigenvalue weighted by molar-refractivity contribution is 5.65. The first kappa shape index (κ1) is 11.2. The first-order valence-electron chi connectivity index (χ1n) is 5.94. The molecule has 1 aliphatic rings. The summed E-state index contributed by atoms with van der Waals surface area (Å²) < 4.78 is 32.0. The Morgan fingerprint density at radius 3 is 2.28 bits per heavy atom. The van der Waals surface area contributed by atoms with Crippen molar-refractivity contribution < 1.29 is 13.5 Å². The third kappa shape index (κ3) is 2.50. The zero-order valence-corrected chi connectivity index (χ0v) is 9.70. The van der Waals surface area contributed by atoms with Gasteiger partial charge in [0.1, 0.15) is 17.4 Å². The normalized spacial score (nSPS) is 14.6. The van der Waals surface area contributed by atoms with Crippen LogP contribution in [0.15, 0.2) is 42.5 Å². The number of rotatable bonds is 3. The Morgan fingerprint density at radius 1 is 0.889 bits per heavy atom. The lowest BCUT2D eigenvalue weighted by Gasteiger charge is -2.07. The second-order valence-electron chi connectivity index (χ2n) is 4.50. The first-order valence-corrected chi connectivity index (χ1v) is 5.94. The fraction of sp³-hybridized carbons (Fsp3) is 0.200. The number of benzene rings is 2. The van der Waals surface area contributed by atoms with Gasteiger partial charge < -0.3 is 4.74 Å². The predicted molar refractivity (Wildman–Crippen MR) is 65.4 cm³/mol. The molecule has 0 atom stereocenters. The van der Waals surface area contributed by atoms with E-state index < -0.39 is 11.6 Å². The SMILES string of the molecule is Fc1cc(F)cc(-c2cccc(OC3CC3)c2)c1. The molecule has 92 valence electrons. The van der Waals surface area contributed by atoms with Crippen molar-refractivity contribution >= 4 is 0 Å². The lowest BCUT2D eigenvalue weighted by atomic mass is 10.1. The minimum absolute atomic E-state index is 0.310. The smallest absolute Gasteiger partial charge is 0.126 e. The minimum atomic E-state index is -0.571. The topological polar surface area (TPSA) is 9.23 Å². The maximum Gasteiger partial charge on any atom is 0.126 e. The lowest BCUT2D eigenvalue weighted by Crippen LogP contribution is -1.95. The molecule has 0 aromatic heterocycles. The van der Waals surface area contributed by atoms with Crippen LogP contribution in [-0.2, 0) is 0 Å². The van der Waals surface area contributed by atoms with Gasteiger partial charge in [-0.15, -0.1) is 0 Å². The van der Waals surface area contributed by atoms with Crippen molar-refractivity contribution in [3.63, 3.8) is 0 Å². The van der Waals surface area contributed by atoms with E-state index in [4.69, 9.17) is 4.74 Å². The summed E-state index contributed by atoms with van der Waals surface area (Å²) in [6.07, 6.45) is 2.47. The summed E-state index contributed by atoms with van der Waals surface area (Å²) in [5, 5.41) is 0. The van der Waals surface area contributed by atoms with E-state index >= 15 is 0 Å². The monoisotopic (exact) mass is 246 g/mol. The van der Waals surface area contributed by atoms with E-state index in [0.717, 1.165) is 30.2 Å². The van der Waals surface area contributed by atoms with Crippen LogP contribution in [0.5, 0.6) is 5.75 Å². The van der Waals surface area contributed by atoms with Crippen LogP contribution in [0.4, 0.5) is 8.78 Å². The fourth-order valence-corrected chi connectivity index (χ4v) is 1.85. The Balaban J connectivity index is 1.94. The van der Waals surface area contributed by atoms with Crippen LogP contribution in [0.1, 0.15) is 12.8 Å². The molecule has 0 spiro atoms. The molecule has 0 bridgehead atoms. The lowest BCUT2D eigenvalue weighted by molar-refractivity contribution is 0.303. The third-order valence-electron chi connectivity index (χ3n) is 2.86. The van der Waals surface area contributed by atoms with Gasteiger partial charge in [0.25, 0.3) is 0 Å². The number of hydrogen-bond acceptors (Lipinski definition) is 1. The van der Waals surface area contributed by atoms with Crippen molar-refractivity contribution in [1.29, 1.82) is 0 Å². The van der Waals surface area contributed by atoms with Gasteiger partial charge in [0, 0.05) is 6.07 Å². The van der Waals surface area contributed by atoms with Crippen LogP contribution >= 0.6 is 0 Å². The van der Waals surface area contributed by atoms with Crippen LogP contribution in [0.3, 0.4) is 0 Å². The fourth-order valence-electron chi connectivity index (χ4n) is 1.85. The van der Waals surface area contributed by atoms with Crippen LogP contribution in [0.2, 0.25) is 0 Å². The quantitative estimate of drug-likeness (QED) is 0.789. The van der Waals surface area contributed by atoms with E-state index in [-0.39, 0.29) is 0 Å². The van der Waals surface area contributed by atoms with Crippen molar-refractivity contribution in [3.05, 3.63) is 54.1 Å². The van der Waals surface area contributed by atoms with E-state index in [9.17, 15) is 8.78 Å². The zero-order valence-electron chi connectivity index (χ0n) is 9.70. The summed E-state index contributed by atoms with van der Waals surface area (Å²) in [7, 11) is 0. The van der Waals surface area contributed by atoms with E-state index in [2.05, 4.69) is 0 Å². The summed E-state index contributed by atoms with van der Waals surface area (Å²) in [5.74, 6) is -0.392. The van der Waals surface area contributed by atoms with Crippen molar-refractivity contribution in [2.75, 3.05) is 0 Å². The van der Waals surface area contributed by atoms with Crippen LogP contribution < -0.4 is 4.74 Å². The van der Waals surface area contributed by atoms with Crippen LogP contribution in [0.25, 0.3) is 11.1 Å². The van der Waals surface area contributed by atoms with Gasteiger partial charge >= 0.3 is 0 Å². The predicted octanol–water partition coefficient (Wildman–Crippen LogP) is 4.17. The van der Waals surface area contributed by atoms with Crippen molar-refractivity contribution in [2.45, 2.75) is 18.9 Å². The summed E-state index contributed by atoms with van der Waals surface area (Å²) >= 11 is 0. The molecule has 0 unspecified atom stereocenters. The molecule has 0 amide bonds. The summed E-state index contributed by atoms with van der Waals surface area (Å²) in [4.78, 5) is 0. The Labute approximate surface area is 104 Å². The van der Waals surface area contributed by atoms with E-state index in [1.807, 2.05) is 24.3 Å². The standard InChI is InChI=1S/C15H12F2O/c16-12-6-11(7-13(17)9-12)10-2-1-3-15(8-10)18-14-4-5-14/h1-3,6-9,14H,4-5H2. The van der Waals surface area contributed by atoms with Crippen molar-refractivity contribution in [2.24, 2.45) is 0 Å². The first-order chi connectivity index (χ1) is 8.70. The second kappa shape index (κ2) is 4.41. The van der Waals surface area contributed by atoms with Crippen LogP contribution in [0, 0.1) is 11.6 Å². The van der Waals surface area contributed by atoms with Gasteiger partial charge in [-0.25, -0.2) is 8.78 Å². The average molecular weight is 246 g/mol. The van der Waals surface area contributed by atoms with Crippen molar-refractivity contribution in [1.82, 2.24) is 0 Å². The molecule has 18 heavy (non-hydrogen) atoms. The Morgan fingerprint density at radius 2 is 1.61 bits per heavy atom. The molecule has 3 heteroatoms. The Kier molecular flexibility index (Phi) is 2.74. The van der Waals surface area contributed by atoms with Gasteiger partial charge in [-0.3, -0.25) is 0 Å². The molecule has 1 fully saturated rings. The summed E-state index contributed by atoms with van der Waals surface area (Å²) in [6, 6.07) is 10.8. The van der Waals surface area contributed by atoms with Crippen molar-refractivity contribution in [3.8, 4) is 16.9 Å². The maximum absolute atomic E-state index is 13.2. The van der Waals surface area contributed by atoms with E-state index in [1.165, 1.54) is 12.1 Å². The molecule has 2 aromatic rings. The summed E-state index contributed by atoms with van der Waals surface area (Å²) in [6.45, 7) is 0. The average Bonchev–Trinajstić information content (AvgIpc) is 3.12. The second-order valence-corrected chi connectivity index (χ2v) is 4.50.